The fourth-order valence-electron chi connectivity index (χ4n) is 6.22. The first-order valence-corrected chi connectivity index (χ1v) is 12.1. The van der Waals surface area contributed by atoms with Gasteiger partial charge < -0.3 is 10.2 Å². The number of fused-ring (bicyclic) bond motifs is 5. The maximum absolute atomic E-state index is 14.5. The summed E-state index contributed by atoms with van der Waals surface area (Å²) in [4.78, 5) is 13.4. The molecule has 3 aromatic heterocycles. The molecule has 0 aliphatic heterocycles. The highest BCUT2D eigenvalue weighted by atomic mass is 19.1. The summed E-state index contributed by atoms with van der Waals surface area (Å²) in [6.45, 7) is 3.95. The second kappa shape index (κ2) is 8.42. The van der Waals surface area contributed by atoms with E-state index in [2.05, 4.69) is 39.1 Å². The molecule has 11 heteroatoms. The Morgan fingerprint density at radius 3 is 2.68 bits per heavy atom. The van der Waals surface area contributed by atoms with E-state index < -0.39 is 23.2 Å². The summed E-state index contributed by atoms with van der Waals surface area (Å²) in [5.74, 6) is -0.561. The molecule has 3 atom stereocenters. The molecule has 37 heavy (non-hydrogen) atoms. The molecule has 2 aliphatic rings. The van der Waals surface area contributed by atoms with E-state index in [4.69, 9.17) is 10.1 Å². The van der Waals surface area contributed by atoms with E-state index in [9.17, 15) is 13.9 Å². The quantitative estimate of drug-likeness (QED) is 0.410. The van der Waals surface area contributed by atoms with Gasteiger partial charge in [0.05, 0.1) is 40.8 Å². The van der Waals surface area contributed by atoms with E-state index in [-0.39, 0.29) is 35.6 Å². The van der Waals surface area contributed by atoms with E-state index in [1.165, 1.54) is 29.2 Å². The molecule has 1 aromatic carbocycles. The van der Waals surface area contributed by atoms with Crippen molar-refractivity contribution in [3.05, 3.63) is 77.3 Å². The maximum atomic E-state index is 14.5. The van der Waals surface area contributed by atoms with Gasteiger partial charge in [-0.05, 0) is 54.0 Å². The lowest BCUT2D eigenvalue weighted by Gasteiger charge is -2.37. The van der Waals surface area contributed by atoms with Crippen LogP contribution in [0.2, 0.25) is 0 Å². The molecule has 2 N–H and O–H groups in total. The number of hydrogen-bond acceptors (Lipinski definition) is 8. The largest absolute Gasteiger partial charge is 0.394 e. The van der Waals surface area contributed by atoms with Crippen LogP contribution in [0.5, 0.6) is 0 Å². The summed E-state index contributed by atoms with van der Waals surface area (Å²) in [6, 6.07) is 7.40. The molecular weight excluding hydrogens is 480 g/mol. The second-order valence-corrected chi connectivity index (χ2v) is 10.2. The fourth-order valence-corrected chi connectivity index (χ4v) is 6.22. The third-order valence-corrected chi connectivity index (χ3v) is 8.05. The molecule has 1 saturated carbocycles. The molecule has 2 bridgehead atoms. The lowest BCUT2D eigenvalue weighted by Crippen LogP contribution is -2.38. The lowest BCUT2D eigenvalue weighted by molar-refractivity contribution is 0.0939. The molecule has 3 heterocycles. The number of nitrogens with zero attached hydrogens (tertiary/aromatic N) is 7. The lowest BCUT2D eigenvalue weighted by atomic mass is 9.66. The molecule has 2 aliphatic carbocycles. The number of aliphatic hydroxyl groups is 2. The third-order valence-electron chi connectivity index (χ3n) is 8.05. The first-order valence-electron chi connectivity index (χ1n) is 12.1. The Labute approximate surface area is 211 Å². The fraction of sp³-hybridized carbons (Fsp3) is 0.385. The molecule has 1 fully saturated rings. The SMILES string of the molecule is CC1(C)[C@H]2CC[C@@]1(c1ccnc(-n3cnc(CC(O)CO)n3)n1)c1nnc(-c3c(F)cccc3F)cc12. The minimum atomic E-state index is -0.950. The zero-order valence-electron chi connectivity index (χ0n) is 20.3. The Balaban J connectivity index is 1.43. The summed E-state index contributed by atoms with van der Waals surface area (Å²) in [5.41, 5.74) is 1.60. The Kier molecular flexibility index (Phi) is 5.39. The van der Waals surface area contributed by atoms with Crippen molar-refractivity contribution in [2.75, 3.05) is 6.61 Å². The van der Waals surface area contributed by atoms with Gasteiger partial charge in [0, 0.05) is 12.6 Å². The van der Waals surface area contributed by atoms with Crippen LogP contribution in [0.3, 0.4) is 0 Å². The molecule has 0 amide bonds. The van der Waals surface area contributed by atoms with Gasteiger partial charge in [-0.25, -0.2) is 23.7 Å². The normalized spacial score (nSPS) is 22.3. The maximum Gasteiger partial charge on any atom is 0.252 e. The molecule has 0 saturated heterocycles. The van der Waals surface area contributed by atoms with Crippen LogP contribution >= 0.6 is 0 Å². The zero-order valence-corrected chi connectivity index (χ0v) is 20.3. The van der Waals surface area contributed by atoms with Crippen LogP contribution < -0.4 is 0 Å². The average Bonchev–Trinajstić information content (AvgIpc) is 3.51. The van der Waals surface area contributed by atoms with Gasteiger partial charge >= 0.3 is 0 Å². The standard InChI is InChI=1S/C26H25F2N7O2/c1-25(2)16-6-8-26(25,23-15(16)11-19(32-33-23)22-17(27)4-3-5-18(22)28)20-7-9-29-24(31-20)35-13-30-21(34-35)10-14(37)12-36/h3-5,7,9,11,13-14,16,36-37H,6,8,10,12H2,1-2H3/t14?,16-,26+/m0/s1. The number of aliphatic hydroxyl groups excluding tert-OH is 2. The number of halogens is 2. The van der Waals surface area contributed by atoms with E-state index in [1.54, 1.807) is 12.3 Å². The highest BCUT2D eigenvalue weighted by molar-refractivity contribution is 5.64. The van der Waals surface area contributed by atoms with Crippen LogP contribution in [0.1, 0.15) is 55.4 Å². The molecule has 4 aromatic rings. The third kappa shape index (κ3) is 3.41. The van der Waals surface area contributed by atoms with Crippen LogP contribution in [0, 0.1) is 17.0 Å². The predicted molar refractivity (Wildman–Crippen MR) is 128 cm³/mol. The Morgan fingerprint density at radius 2 is 1.92 bits per heavy atom. The summed E-state index contributed by atoms with van der Waals surface area (Å²) in [7, 11) is 0. The predicted octanol–water partition coefficient (Wildman–Crippen LogP) is 2.89. The molecule has 190 valence electrons. The highest BCUT2D eigenvalue weighted by Crippen LogP contribution is 2.69. The first kappa shape index (κ1) is 23.7. The van der Waals surface area contributed by atoms with Crippen molar-refractivity contribution in [2.24, 2.45) is 5.41 Å². The van der Waals surface area contributed by atoms with E-state index in [1.807, 2.05) is 6.07 Å². The van der Waals surface area contributed by atoms with Gasteiger partial charge in [0.25, 0.3) is 5.95 Å². The Hall–Kier alpha value is -3.70. The molecule has 9 nitrogen and oxygen atoms in total. The minimum Gasteiger partial charge on any atom is -0.394 e. The number of aromatic nitrogens is 7. The van der Waals surface area contributed by atoms with Crippen molar-refractivity contribution in [1.82, 2.24) is 34.9 Å². The van der Waals surface area contributed by atoms with Crippen LogP contribution in [-0.4, -0.2) is 57.9 Å². The first-order chi connectivity index (χ1) is 17.8. The summed E-state index contributed by atoms with van der Waals surface area (Å²) in [5, 5.41) is 32.0. The van der Waals surface area contributed by atoms with Crippen molar-refractivity contribution in [2.45, 2.75) is 50.5 Å². The van der Waals surface area contributed by atoms with Crippen LogP contribution in [0.15, 0.2) is 42.9 Å². The molecule has 0 spiro atoms. The van der Waals surface area contributed by atoms with Gasteiger partial charge in [-0.3, -0.25) is 0 Å². The highest BCUT2D eigenvalue weighted by Gasteiger charge is 2.65. The minimum absolute atomic E-state index is 0.107. The Bertz CT molecular complexity index is 1490. The van der Waals surface area contributed by atoms with E-state index >= 15 is 0 Å². The van der Waals surface area contributed by atoms with Gasteiger partial charge in [-0.1, -0.05) is 19.9 Å². The monoisotopic (exact) mass is 505 g/mol. The average molecular weight is 506 g/mol. The van der Waals surface area contributed by atoms with Gasteiger partial charge in [-0.15, -0.1) is 10.2 Å². The van der Waals surface area contributed by atoms with Gasteiger partial charge in [0.1, 0.15) is 18.0 Å². The van der Waals surface area contributed by atoms with Crippen molar-refractivity contribution in [1.29, 1.82) is 0 Å². The smallest absolute Gasteiger partial charge is 0.252 e. The number of hydrogen-bond donors (Lipinski definition) is 2. The zero-order chi connectivity index (χ0) is 25.9. The van der Waals surface area contributed by atoms with Gasteiger partial charge in [0.2, 0.25) is 0 Å². The summed E-state index contributed by atoms with van der Waals surface area (Å²) in [6.07, 6.45) is 3.95. The number of rotatable bonds is 6. The van der Waals surface area contributed by atoms with Crippen LogP contribution in [-0.2, 0) is 11.8 Å². The van der Waals surface area contributed by atoms with Crippen molar-refractivity contribution in [3.8, 4) is 17.2 Å². The summed E-state index contributed by atoms with van der Waals surface area (Å²) >= 11 is 0. The van der Waals surface area contributed by atoms with Crippen molar-refractivity contribution in [3.63, 3.8) is 0 Å². The molecule has 6 rings (SSSR count). The summed E-state index contributed by atoms with van der Waals surface area (Å²) < 4.78 is 30.4. The van der Waals surface area contributed by atoms with Crippen molar-refractivity contribution < 1.29 is 19.0 Å². The number of benzene rings is 1. The van der Waals surface area contributed by atoms with Crippen molar-refractivity contribution >= 4 is 0 Å². The topological polar surface area (TPSA) is 123 Å². The Morgan fingerprint density at radius 1 is 1.14 bits per heavy atom. The second-order valence-electron chi connectivity index (χ2n) is 10.2. The molecule has 1 unspecified atom stereocenters. The van der Waals surface area contributed by atoms with Crippen LogP contribution in [0.25, 0.3) is 17.2 Å². The van der Waals surface area contributed by atoms with E-state index in [0.717, 1.165) is 29.8 Å². The van der Waals surface area contributed by atoms with Gasteiger partial charge in [0.15, 0.2) is 5.82 Å². The molecular formula is C26H25F2N7O2. The van der Waals surface area contributed by atoms with Crippen LogP contribution in [0.4, 0.5) is 8.78 Å². The molecule has 0 radical (unpaired) electrons. The van der Waals surface area contributed by atoms with Gasteiger partial charge in [-0.2, -0.15) is 9.78 Å². The van der Waals surface area contributed by atoms with E-state index in [0.29, 0.717) is 11.8 Å².